The second kappa shape index (κ2) is 4.83. The summed E-state index contributed by atoms with van der Waals surface area (Å²) in [5.74, 6) is 0.221. The van der Waals surface area contributed by atoms with E-state index >= 15 is 0 Å². The van der Waals surface area contributed by atoms with Crippen molar-refractivity contribution < 1.29 is 14.4 Å². The maximum atomic E-state index is 10.9. The second-order valence-electron chi connectivity index (χ2n) is 4.38. The highest BCUT2D eigenvalue weighted by atomic mass is 35.5. The average Bonchev–Trinajstić information content (AvgIpc) is 2.76. The molecule has 2 aromatic heterocycles. The van der Waals surface area contributed by atoms with Crippen LogP contribution in [0.2, 0.25) is 5.28 Å². The van der Waals surface area contributed by atoms with Crippen LogP contribution in [0.4, 0.5) is 11.5 Å². The van der Waals surface area contributed by atoms with Crippen molar-refractivity contribution in [1.29, 1.82) is 0 Å². The Hall–Kier alpha value is -2.45. The Kier molecular flexibility index (Phi) is 3.11. The molecule has 2 N–H and O–H groups in total. The Morgan fingerprint density at radius 2 is 2.24 bits per heavy atom. The summed E-state index contributed by atoms with van der Waals surface area (Å²) in [6, 6.07) is 4.17. The van der Waals surface area contributed by atoms with Crippen LogP contribution < -0.4 is 5.32 Å². The monoisotopic (exact) mass is 308 g/mol. The minimum atomic E-state index is -0.873. The number of rotatable bonds is 3. The zero-order valence-electron chi connectivity index (χ0n) is 10.7. The van der Waals surface area contributed by atoms with Crippen LogP contribution >= 0.6 is 11.6 Å². The number of nitro benzene ring substituents is 1. The molecule has 0 amide bonds. The molecule has 0 aliphatic carbocycles. The van der Waals surface area contributed by atoms with Gasteiger partial charge in [-0.15, -0.1) is 0 Å². The number of nitrogens with one attached hydrogen (secondary N) is 1. The molecular formula is C12H9ClN4O4. The van der Waals surface area contributed by atoms with Gasteiger partial charge in [-0.25, -0.2) is 4.98 Å². The third kappa shape index (κ3) is 2.34. The summed E-state index contributed by atoms with van der Waals surface area (Å²) in [5, 5.41) is 23.3. The maximum absolute atomic E-state index is 10.9. The number of hydrogen-bond donors (Lipinski definition) is 2. The third-order valence-electron chi connectivity index (χ3n) is 2.82. The molecule has 1 aromatic carbocycles. The van der Waals surface area contributed by atoms with Crippen LogP contribution in [0, 0.1) is 10.1 Å². The predicted molar refractivity (Wildman–Crippen MR) is 76.3 cm³/mol. The summed E-state index contributed by atoms with van der Waals surface area (Å²) >= 11 is 5.85. The second-order valence-corrected chi connectivity index (χ2v) is 4.72. The Balaban J connectivity index is 2.33. The first-order valence-electron chi connectivity index (χ1n) is 5.94. The lowest BCUT2D eigenvalue weighted by Gasteiger charge is -2.07. The number of nitrogens with zero attached hydrogens (tertiary/aromatic N) is 3. The summed E-state index contributed by atoms with van der Waals surface area (Å²) in [7, 11) is 0. The van der Waals surface area contributed by atoms with Crippen molar-refractivity contribution in [2.24, 2.45) is 0 Å². The topological polar surface area (TPSA) is 114 Å². The van der Waals surface area contributed by atoms with E-state index in [2.05, 4.69) is 15.3 Å². The normalized spacial score (nSPS) is 12.7. The number of furan rings is 1. The summed E-state index contributed by atoms with van der Waals surface area (Å²) in [6.45, 7) is 1.51. The number of benzene rings is 1. The summed E-state index contributed by atoms with van der Waals surface area (Å²) in [5.41, 5.74) is 0.957. The van der Waals surface area contributed by atoms with Crippen molar-refractivity contribution in [1.82, 2.24) is 9.97 Å². The quantitative estimate of drug-likeness (QED) is 0.331. The highest BCUT2D eigenvalue weighted by Crippen LogP contribution is 2.34. The summed E-state index contributed by atoms with van der Waals surface area (Å²) < 4.78 is 5.59. The third-order valence-corrected chi connectivity index (χ3v) is 2.99. The van der Waals surface area contributed by atoms with Gasteiger partial charge in [0, 0.05) is 12.1 Å². The van der Waals surface area contributed by atoms with Crippen LogP contribution in [-0.4, -0.2) is 26.2 Å². The Morgan fingerprint density at radius 3 is 2.90 bits per heavy atom. The van der Waals surface area contributed by atoms with Crippen molar-refractivity contribution in [2.45, 2.75) is 13.2 Å². The predicted octanol–water partition coefficient (Wildman–Crippen LogP) is 2.69. The van der Waals surface area contributed by atoms with Gasteiger partial charge < -0.3 is 14.8 Å². The number of nitro groups is 1. The average molecular weight is 309 g/mol. The van der Waals surface area contributed by atoms with Crippen LogP contribution in [0.3, 0.4) is 0 Å². The van der Waals surface area contributed by atoms with Gasteiger partial charge in [-0.3, -0.25) is 10.1 Å². The van der Waals surface area contributed by atoms with E-state index in [4.69, 9.17) is 16.0 Å². The molecular weight excluding hydrogens is 300 g/mol. The summed E-state index contributed by atoms with van der Waals surface area (Å²) in [6.07, 6.45) is -0.873. The van der Waals surface area contributed by atoms with E-state index in [0.29, 0.717) is 16.5 Å². The highest BCUT2D eigenvalue weighted by Gasteiger charge is 2.18. The van der Waals surface area contributed by atoms with Crippen molar-refractivity contribution in [3.63, 3.8) is 0 Å². The fourth-order valence-electron chi connectivity index (χ4n) is 2.01. The van der Waals surface area contributed by atoms with E-state index in [1.54, 1.807) is 0 Å². The number of aromatic nitrogens is 2. The maximum Gasteiger partial charge on any atom is 0.270 e. The van der Waals surface area contributed by atoms with Gasteiger partial charge in [0.2, 0.25) is 5.28 Å². The first kappa shape index (κ1) is 13.5. The molecule has 0 aliphatic rings. The molecule has 0 radical (unpaired) electrons. The number of aliphatic hydroxyl groups is 1. The molecule has 3 rings (SSSR count). The fraction of sp³-hybridized carbons (Fsp3) is 0.167. The molecule has 0 saturated heterocycles. The number of non-ortho nitro benzene ring substituents is 1. The van der Waals surface area contributed by atoms with Gasteiger partial charge in [-0.1, -0.05) is 0 Å². The lowest BCUT2D eigenvalue weighted by atomic mass is 10.2. The standard InChI is InChI=1S/C12H9ClN4O4/c1-5(18)14-11-10-9(15-12(13)16-11)7-4-6(17(19)20)2-3-8(7)21-10/h2-5,18H,1H3,(H,14,15,16). The number of fused-ring (bicyclic) bond motifs is 3. The molecule has 1 atom stereocenters. The first-order chi connectivity index (χ1) is 9.95. The van der Waals surface area contributed by atoms with Gasteiger partial charge in [0.1, 0.15) is 17.3 Å². The largest absolute Gasteiger partial charge is 0.450 e. The molecule has 2 heterocycles. The van der Waals surface area contributed by atoms with E-state index < -0.39 is 11.2 Å². The van der Waals surface area contributed by atoms with Crippen LogP contribution in [0.1, 0.15) is 6.92 Å². The molecule has 0 aliphatic heterocycles. The molecule has 21 heavy (non-hydrogen) atoms. The van der Waals surface area contributed by atoms with Gasteiger partial charge in [0.25, 0.3) is 5.69 Å². The minimum absolute atomic E-state index is 0.0557. The van der Waals surface area contributed by atoms with Gasteiger partial charge in [-0.2, -0.15) is 4.98 Å². The van der Waals surface area contributed by atoms with E-state index in [9.17, 15) is 15.2 Å². The van der Waals surface area contributed by atoms with Gasteiger partial charge >= 0.3 is 0 Å². The number of halogens is 1. The molecule has 1 unspecified atom stereocenters. The van der Waals surface area contributed by atoms with Crippen LogP contribution in [-0.2, 0) is 0 Å². The number of aliphatic hydroxyl groups excluding tert-OH is 1. The van der Waals surface area contributed by atoms with Crippen molar-refractivity contribution in [2.75, 3.05) is 5.32 Å². The van der Waals surface area contributed by atoms with Crippen molar-refractivity contribution in [3.05, 3.63) is 33.6 Å². The molecule has 0 spiro atoms. The molecule has 0 saturated carbocycles. The fourth-order valence-corrected chi connectivity index (χ4v) is 2.18. The van der Waals surface area contributed by atoms with Crippen molar-refractivity contribution >= 4 is 45.2 Å². The SMILES string of the molecule is CC(O)Nc1nc(Cl)nc2c1oc1ccc([N+](=O)[O-])cc12. The Labute approximate surface area is 122 Å². The van der Waals surface area contributed by atoms with Gasteiger partial charge in [0.15, 0.2) is 11.4 Å². The molecule has 108 valence electrons. The molecule has 3 aromatic rings. The highest BCUT2D eigenvalue weighted by molar-refractivity contribution is 6.29. The molecule has 0 bridgehead atoms. The first-order valence-corrected chi connectivity index (χ1v) is 6.32. The van der Waals surface area contributed by atoms with E-state index in [0.717, 1.165) is 0 Å². The molecule has 9 heteroatoms. The Morgan fingerprint density at radius 1 is 1.48 bits per heavy atom. The van der Waals surface area contributed by atoms with Crippen LogP contribution in [0.15, 0.2) is 22.6 Å². The minimum Gasteiger partial charge on any atom is -0.450 e. The summed E-state index contributed by atoms with van der Waals surface area (Å²) in [4.78, 5) is 18.3. The number of anilines is 1. The lowest BCUT2D eigenvalue weighted by Crippen LogP contribution is -2.14. The zero-order valence-corrected chi connectivity index (χ0v) is 11.5. The van der Waals surface area contributed by atoms with E-state index in [1.165, 1.54) is 25.1 Å². The zero-order chi connectivity index (χ0) is 15.1. The van der Waals surface area contributed by atoms with Crippen LogP contribution in [0.25, 0.3) is 22.1 Å². The van der Waals surface area contributed by atoms with Crippen LogP contribution in [0.5, 0.6) is 0 Å². The van der Waals surface area contributed by atoms with E-state index in [-0.39, 0.29) is 22.4 Å². The smallest absolute Gasteiger partial charge is 0.270 e. The lowest BCUT2D eigenvalue weighted by molar-refractivity contribution is -0.384. The molecule has 8 nitrogen and oxygen atoms in total. The molecule has 0 fully saturated rings. The van der Waals surface area contributed by atoms with Gasteiger partial charge in [0.05, 0.1) is 10.3 Å². The number of hydrogen-bond acceptors (Lipinski definition) is 7. The van der Waals surface area contributed by atoms with Crippen molar-refractivity contribution in [3.8, 4) is 0 Å². The van der Waals surface area contributed by atoms with Gasteiger partial charge in [-0.05, 0) is 24.6 Å². The Bertz CT molecular complexity index is 861. The van der Waals surface area contributed by atoms with E-state index in [1.807, 2.05) is 0 Å².